The molecule has 6 nitrogen and oxygen atoms in total. The summed E-state index contributed by atoms with van der Waals surface area (Å²) in [6.45, 7) is 5.87. The van der Waals surface area contributed by atoms with Crippen molar-refractivity contribution in [3.63, 3.8) is 0 Å². The minimum atomic E-state index is -0.157. The van der Waals surface area contributed by atoms with Gasteiger partial charge in [0.25, 0.3) is 0 Å². The first-order valence-corrected chi connectivity index (χ1v) is 11.4. The molecule has 2 aromatic rings. The van der Waals surface area contributed by atoms with Gasteiger partial charge in [-0.1, -0.05) is 48.7 Å². The number of benzene rings is 1. The molecule has 8 heteroatoms. The van der Waals surface area contributed by atoms with Gasteiger partial charge in [0.05, 0.1) is 31.6 Å². The number of aliphatic hydroxyl groups excluding tert-OH is 2. The molecule has 0 unspecified atom stereocenters. The van der Waals surface area contributed by atoms with Gasteiger partial charge >= 0.3 is 0 Å². The molecule has 1 aromatic heterocycles. The van der Waals surface area contributed by atoms with Crippen LogP contribution in [0.25, 0.3) is 4.91 Å². The van der Waals surface area contributed by atoms with E-state index in [4.69, 9.17) is 4.74 Å². The Labute approximate surface area is 184 Å². The number of thiazole rings is 1. The number of hydrogen-bond donors (Lipinski definition) is 3. The van der Waals surface area contributed by atoms with E-state index in [1.165, 1.54) is 23.1 Å². The zero-order chi connectivity index (χ0) is 21.5. The Morgan fingerprint density at radius 2 is 2.03 bits per heavy atom. The molecule has 1 aromatic carbocycles. The molecule has 0 aliphatic heterocycles. The van der Waals surface area contributed by atoms with Crippen LogP contribution in [0, 0.1) is 5.92 Å². The molecule has 0 radical (unpaired) electrons. The summed E-state index contributed by atoms with van der Waals surface area (Å²) in [7, 11) is 0. The van der Waals surface area contributed by atoms with Crippen LogP contribution < -0.4 is 5.32 Å². The lowest BCUT2D eigenvalue weighted by Crippen LogP contribution is -2.39. The van der Waals surface area contributed by atoms with Gasteiger partial charge in [0.15, 0.2) is 5.13 Å². The Morgan fingerprint density at radius 3 is 2.70 bits per heavy atom. The third-order valence-electron chi connectivity index (χ3n) is 4.81. The largest absolute Gasteiger partial charge is 0.392 e. The smallest absolute Gasteiger partial charge is 0.229 e. The second-order valence-corrected chi connectivity index (χ2v) is 9.23. The van der Waals surface area contributed by atoms with E-state index < -0.39 is 0 Å². The van der Waals surface area contributed by atoms with Gasteiger partial charge in [-0.3, -0.25) is 4.79 Å². The minimum Gasteiger partial charge on any atom is -0.392 e. The van der Waals surface area contributed by atoms with Crippen LogP contribution in [0.3, 0.4) is 0 Å². The van der Waals surface area contributed by atoms with Gasteiger partial charge in [-0.05, 0) is 30.9 Å². The van der Waals surface area contributed by atoms with Crippen molar-refractivity contribution < 1.29 is 19.7 Å². The number of aliphatic hydroxyl groups is 2. The van der Waals surface area contributed by atoms with Gasteiger partial charge < -0.3 is 20.3 Å². The van der Waals surface area contributed by atoms with Crippen molar-refractivity contribution in [3.8, 4) is 0 Å². The predicted octanol–water partition coefficient (Wildman–Crippen LogP) is 4.04. The molecule has 1 amide bonds. The molecule has 0 saturated heterocycles. The lowest BCUT2D eigenvalue weighted by atomic mass is 9.81. The number of hydrogen-bond acceptors (Lipinski definition) is 7. The van der Waals surface area contributed by atoms with Crippen molar-refractivity contribution in [3.05, 3.63) is 64.0 Å². The maximum absolute atomic E-state index is 12.5. The summed E-state index contributed by atoms with van der Waals surface area (Å²) in [5.74, 6) is -0.122. The standard InChI is InChI=1S/C22H26N2O4S2/c1-14(10-25)20(30-15(2)11-26)19-13-29-22(23-19)24-21(27)17-8-18(9-17)28-12-16-6-4-3-5-7-16/h3-7,13,17-18,25-26H,2,8-12H2,1H3,(H,23,24,27)/b20-14+/t17-,18+. The van der Waals surface area contributed by atoms with E-state index in [0.29, 0.717) is 35.2 Å². The van der Waals surface area contributed by atoms with E-state index >= 15 is 0 Å². The fourth-order valence-corrected chi connectivity index (χ4v) is 4.53. The number of carbonyl (C=O) groups is 1. The Morgan fingerprint density at radius 1 is 1.30 bits per heavy atom. The SMILES string of the molecule is C=C(CO)S/C(=C(\C)CO)c1csc(NC(=O)[C@H]2C[C@@H](OCc3ccccc3)C2)n1. The average Bonchev–Trinajstić information content (AvgIpc) is 3.18. The number of carbonyl (C=O) groups excluding carboxylic acids is 1. The van der Waals surface area contributed by atoms with Crippen LogP contribution in [-0.2, 0) is 16.1 Å². The Balaban J connectivity index is 1.51. The van der Waals surface area contributed by atoms with Crippen LogP contribution in [0.15, 0.2) is 52.8 Å². The third kappa shape index (κ3) is 6.02. The molecule has 1 aliphatic rings. The number of thioether (sulfide) groups is 1. The van der Waals surface area contributed by atoms with Gasteiger partial charge in [0.2, 0.25) is 5.91 Å². The van der Waals surface area contributed by atoms with Crippen LogP contribution >= 0.6 is 23.1 Å². The summed E-state index contributed by atoms with van der Waals surface area (Å²) >= 11 is 2.61. The molecular formula is C22H26N2O4S2. The number of anilines is 1. The predicted molar refractivity (Wildman–Crippen MR) is 122 cm³/mol. The molecule has 1 fully saturated rings. The third-order valence-corrected chi connectivity index (χ3v) is 6.75. The van der Waals surface area contributed by atoms with Crippen LogP contribution in [0.1, 0.15) is 31.0 Å². The fourth-order valence-electron chi connectivity index (χ4n) is 2.95. The monoisotopic (exact) mass is 446 g/mol. The highest BCUT2D eigenvalue weighted by Crippen LogP contribution is 2.37. The molecular weight excluding hydrogens is 420 g/mol. The summed E-state index contributed by atoms with van der Waals surface area (Å²) in [5, 5.41) is 24.0. The lowest BCUT2D eigenvalue weighted by molar-refractivity contribution is -0.129. The number of nitrogens with zero attached hydrogens (tertiary/aromatic N) is 1. The van der Waals surface area contributed by atoms with Crippen molar-refractivity contribution in [2.45, 2.75) is 32.5 Å². The van der Waals surface area contributed by atoms with Crippen LogP contribution in [0.2, 0.25) is 0 Å². The van der Waals surface area contributed by atoms with Crippen molar-refractivity contribution in [1.82, 2.24) is 4.98 Å². The van der Waals surface area contributed by atoms with Gasteiger partial charge in [-0.2, -0.15) is 0 Å². The lowest BCUT2D eigenvalue weighted by Gasteiger charge is -2.33. The molecule has 3 rings (SSSR count). The maximum atomic E-state index is 12.5. The molecule has 3 N–H and O–H groups in total. The van der Waals surface area contributed by atoms with Crippen molar-refractivity contribution in [2.75, 3.05) is 18.5 Å². The fraction of sp³-hybridized carbons (Fsp3) is 0.364. The Hall–Kier alpha value is -1.97. The van der Waals surface area contributed by atoms with E-state index in [-0.39, 0.29) is 31.1 Å². The van der Waals surface area contributed by atoms with Crippen LogP contribution in [0.5, 0.6) is 0 Å². The van der Waals surface area contributed by atoms with Crippen LogP contribution in [0.4, 0.5) is 5.13 Å². The van der Waals surface area contributed by atoms with E-state index in [0.717, 1.165) is 16.0 Å². The summed E-state index contributed by atoms with van der Waals surface area (Å²) in [6.07, 6.45) is 1.52. The number of nitrogens with one attached hydrogen (secondary N) is 1. The highest BCUT2D eigenvalue weighted by atomic mass is 32.2. The maximum Gasteiger partial charge on any atom is 0.229 e. The molecule has 0 bridgehead atoms. The van der Waals surface area contributed by atoms with E-state index in [2.05, 4.69) is 16.9 Å². The van der Waals surface area contributed by atoms with Crippen LogP contribution in [-0.4, -0.2) is 40.4 Å². The number of ether oxygens (including phenoxy) is 1. The average molecular weight is 447 g/mol. The van der Waals surface area contributed by atoms with Gasteiger partial charge in [-0.25, -0.2) is 4.98 Å². The molecule has 0 spiro atoms. The molecule has 30 heavy (non-hydrogen) atoms. The molecule has 1 aliphatic carbocycles. The Bertz CT molecular complexity index is 905. The van der Waals surface area contributed by atoms with Crippen molar-refractivity contribution in [1.29, 1.82) is 0 Å². The normalized spacial score (nSPS) is 19.0. The highest BCUT2D eigenvalue weighted by Gasteiger charge is 2.35. The second-order valence-electron chi connectivity index (χ2n) is 7.18. The van der Waals surface area contributed by atoms with Gasteiger partial charge in [0.1, 0.15) is 0 Å². The van der Waals surface area contributed by atoms with Crippen molar-refractivity contribution >= 4 is 39.0 Å². The van der Waals surface area contributed by atoms with Crippen molar-refractivity contribution in [2.24, 2.45) is 5.92 Å². The van der Waals surface area contributed by atoms with E-state index in [9.17, 15) is 15.0 Å². The number of amides is 1. The number of rotatable bonds is 10. The van der Waals surface area contributed by atoms with E-state index in [1.54, 1.807) is 6.92 Å². The first-order valence-electron chi connectivity index (χ1n) is 9.69. The topological polar surface area (TPSA) is 91.7 Å². The van der Waals surface area contributed by atoms with Gasteiger partial charge in [-0.15, -0.1) is 11.3 Å². The van der Waals surface area contributed by atoms with E-state index in [1.807, 2.05) is 35.7 Å². The van der Waals surface area contributed by atoms with Gasteiger partial charge in [0, 0.05) is 21.1 Å². The minimum absolute atomic E-state index is 0.0488. The molecule has 1 heterocycles. The summed E-state index contributed by atoms with van der Waals surface area (Å²) in [4.78, 5) is 18.3. The molecule has 0 atom stereocenters. The summed E-state index contributed by atoms with van der Waals surface area (Å²) in [6, 6.07) is 10.00. The first-order chi connectivity index (χ1) is 14.5. The summed E-state index contributed by atoms with van der Waals surface area (Å²) < 4.78 is 5.86. The molecule has 1 saturated carbocycles. The Kier molecular flexibility index (Phi) is 8.24. The second kappa shape index (κ2) is 10.9. The quantitative estimate of drug-likeness (QED) is 0.510. The number of aromatic nitrogens is 1. The molecule has 160 valence electrons. The zero-order valence-corrected chi connectivity index (χ0v) is 18.5. The highest BCUT2D eigenvalue weighted by molar-refractivity contribution is 8.11. The first kappa shape index (κ1) is 22.7. The summed E-state index contributed by atoms with van der Waals surface area (Å²) in [5.41, 5.74) is 2.51. The zero-order valence-electron chi connectivity index (χ0n) is 16.8.